The van der Waals surface area contributed by atoms with Gasteiger partial charge in [-0.2, -0.15) is 0 Å². The van der Waals surface area contributed by atoms with Crippen molar-refractivity contribution < 1.29 is 22.8 Å². The fourth-order valence-corrected chi connectivity index (χ4v) is 1.13. The summed E-state index contributed by atoms with van der Waals surface area (Å²) in [5.41, 5.74) is 0. The lowest BCUT2D eigenvalue weighted by atomic mass is 10.5. The number of nitrogens with two attached hydrogens (primary N) is 2. The molecule has 0 aliphatic heterocycles. The van der Waals surface area contributed by atoms with Crippen LogP contribution < -0.4 is 19.7 Å². The molecule has 2 amide bonds. The van der Waals surface area contributed by atoms with Crippen LogP contribution in [0.4, 0.5) is 0 Å². The van der Waals surface area contributed by atoms with Crippen molar-refractivity contribution >= 4 is 51.0 Å². The molecule has 0 spiro atoms. The molecule has 0 bridgehead atoms. The van der Waals surface area contributed by atoms with Gasteiger partial charge in [0.25, 0.3) is 0 Å². The molecule has 0 saturated heterocycles. The number of nitrogens with one attached hydrogen (secondary N) is 2. The number of carbonyl (C=O) groups is 3. The van der Waals surface area contributed by atoms with Gasteiger partial charge in [-0.15, -0.1) is 0 Å². The molecule has 0 radical (unpaired) electrons. The minimum absolute atomic E-state index is 0.244. The van der Waals surface area contributed by atoms with E-state index in [1.165, 1.54) is 0 Å². The van der Waals surface area contributed by atoms with Crippen molar-refractivity contribution in [2.24, 2.45) is 10.3 Å². The molecule has 0 rings (SSSR count). The predicted octanol–water partition coefficient (Wildman–Crippen LogP) is -0.738. The second-order valence-corrected chi connectivity index (χ2v) is 5.09. The molecule has 0 aromatic rings. The maximum absolute atomic E-state index is 10.8. The Kier molecular flexibility index (Phi) is 20.5. The van der Waals surface area contributed by atoms with E-state index in [4.69, 9.17) is 15.8 Å². The fraction of sp³-hybridized carbons (Fsp3) is 0.667. The van der Waals surface area contributed by atoms with E-state index < -0.39 is 22.3 Å². The van der Waals surface area contributed by atoms with Crippen molar-refractivity contribution in [2.45, 2.75) is 40.0 Å². The lowest BCUT2D eigenvalue weighted by molar-refractivity contribution is -0.119. The van der Waals surface area contributed by atoms with Crippen LogP contribution in [-0.2, 0) is 36.7 Å². The van der Waals surface area contributed by atoms with Crippen molar-refractivity contribution in [3.05, 3.63) is 0 Å². The molecule has 0 aliphatic rings. The maximum atomic E-state index is 10.8. The Balaban J connectivity index is -0.000000297. The third-order valence-corrected chi connectivity index (χ3v) is 2.43. The zero-order valence-electron chi connectivity index (χ0n) is 12.0. The first-order chi connectivity index (χ1) is 9.60. The number of amides is 2. The predicted molar refractivity (Wildman–Crippen MR) is 82.7 cm³/mol. The van der Waals surface area contributed by atoms with Gasteiger partial charge >= 0.3 is 0 Å². The average Bonchev–Trinajstić information content (AvgIpc) is 2.38. The SMILES string of the molecule is CCC(=O)Cl.CCC(=O)NS(=O)NC(=O)CC.NS(N)=O. The normalized spacial score (nSPS) is 8.95. The Labute approximate surface area is 134 Å². The summed E-state index contributed by atoms with van der Waals surface area (Å²) in [4.78, 5) is 30.9. The second-order valence-electron chi connectivity index (χ2n) is 3.06. The first-order valence-electron chi connectivity index (χ1n) is 5.70. The van der Waals surface area contributed by atoms with E-state index in [-0.39, 0.29) is 29.9 Å². The highest BCUT2D eigenvalue weighted by atomic mass is 35.5. The fourth-order valence-electron chi connectivity index (χ4n) is 0.377. The number of hydrogen-bond donors (Lipinski definition) is 4. The van der Waals surface area contributed by atoms with E-state index in [1.54, 1.807) is 20.8 Å². The Morgan fingerprint density at radius 2 is 1.14 bits per heavy atom. The lowest BCUT2D eigenvalue weighted by Gasteiger charge is -2.02. The molecule has 0 aromatic carbocycles. The van der Waals surface area contributed by atoms with Crippen LogP contribution in [0.2, 0.25) is 0 Å². The summed E-state index contributed by atoms with van der Waals surface area (Å²) in [5, 5.41) is 8.45. The third kappa shape index (κ3) is 32.6. The van der Waals surface area contributed by atoms with Gasteiger partial charge in [0.2, 0.25) is 28.2 Å². The Morgan fingerprint density at radius 1 is 0.905 bits per heavy atom. The molecule has 6 N–H and O–H groups in total. The van der Waals surface area contributed by atoms with Gasteiger partial charge < -0.3 is 0 Å². The van der Waals surface area contributed by atoms with Crippen LogP contribution in [0.1, 0.15) is 40.0 Å². The van der Waals surface area contributed by atoms with Gasteiger partial charge in [-0.25, -0.2) is 18.7 Å². The third-order valence-electron chi connectivity index (χ3n) is 1.33. The minimum Gasteiger partial charge on any atom is -0.281 e. The monoisotopic (exact) mass is 364 g/mol. The molecule has 0 aliphatic carbocycles. The summed E-state index contributed by atoms with van der Waals surface area (Å²) in [7, 11) is 0. The van der Waals surface area contributed by atoms with E-state index in [1.807, 2.05) is 0 Å². The number of carbonyl (C=O) groups excluding carboxylic acids is 3. The molecule has 12 heteroatoms. The maximum Gasteiger partial charge on any atom is 0.232 e. The zero-order valence-corrected chi connectivity index (χ0v) is 14.4. The highest BCUT2D eigenvalue weighted by Crippen LogP contribution is 1.81. The van der Waals surface area contributed by atoms with Crippen LogP contribution in [0.3, 0.4) is 0 Å². The Bertz CT molecular complexity index is 357. The molecule has 0 heterocycles. The zero-order chi connectivity index (χ0) is 17.4. The molecule has 0 saturated carbocycles. The van der Waals surface area contributed by atoms with Gasteiger partial charge in [-0.05, 0) is 11.6 Å². The summed E-state index contributed by atoms with van der Waals surface area (Å²) in [6.45, 7) is 4.98. The smallest absolute Gasteiger partial charge is 0.232 e. The van der Waals surface area contributed by atoms with Crippen LogP contribution in [0.5, 0.6) is 0 Å². The van der Waals surface area contributed by atoms with E-state index in [2.05, 4.69) is 19.7 Å². The molecule has 9 nitrogen and oxygen atoms in total. The van der Waals surface area contributed by atoms with Gasteiger partial charge in [-0.3, -0.25) is 23.8 Å². The standard InChI is InChI=1S/C6H12N2O3S.C3H5ClO.H4N2OS/c1-3-5(9)7-12(11)8-6(10)4-2;1-2-3(4)5;1-4(2)3/h3-4H2,1-2H3,(H,7,9)(H,8,10);2H2,1H3;1-2H2. The van der Waals surface area contributed by atoms with E-state index in [0.717, 1.165) is 0 Å². The van der Waals surface area contributed by atoms with Gasteiger partial charge in [0, 0.05) is 19.3 Å². The summed E-state index contributed by atoms with van der Waals surface area (Å²) in [5.74, 6) is -0.713. The van der Waals surface area contributed by atoms with Gasteiger partial charge in [0.1, 0.15) is 0 Å². The van der Waals surface area contributed by atoms with Crippen LogP contribution in [0.25, 0.3) is 0 Å². The first kappa shape index (κ1) is 25.1. The highest BCUT2D eigenvalue weighted by molar-refractivity contribution is 7.82. The molecule has 0 atom stereocenters. The van der Waals surface area contributed by atoms with Crippen LogP contribution in [0, 0.1) is 0 Å². The molecule has 21 heavy (non-hydrogen) atoms. The molecule has 126 valence electrons. The number of halogens is 1. The van der Waals surface area contributed by atoms with Crippen molar-refractivity contribution in [3.8, 4) is 0 Å². The molecule has 0 aromatic heterocycles. The summed E-state index contributed by atoms with van der Waals surface area (Å²) in [6, 6.07) is 0. The largest absolute Gasteiger partial charge is 0.281 e. The van der Waals surface area contributed by atoms with Crippen LogP contribution in [-0.4, -0.2) is 25.5 Å². The molecular formula is C9H21ClN4O5S2. The summed E-state index contributed by atoms with van der Waals surface area (Å²) < 4.78 is 24.1. The Hall–Kier alpha value is -0.880. The lowest BCUT2D eigenvalue weighted by Crippen LogP contribution is -2.37. The van der Waals surface area contributed by atoms with Crippen LogP contribution >= 0.6 is 11.6 Å². The number of rotatable bonds is 5. The molecular weight excluding hydrogens is 344 g/mol. The van der Waals surface area contributed by atoms with Crippen molar-refractivity contribution in [2.75, 3.05) is 0 Å². The summed E-state index contributed by atoms with van der Waals surface area (Å²) >= 11 is 1.43. The van der Waals surface area contributed by atoms with Gasteiger partial charge in [0.05, 0.1) is 0 Å². The van der Waals surface area contributed by atoms with Crippen LogP contribution in [0.15, 0.2) is 0 Å². The van der Waals surface area contributed by atoms with Crippen molar-refractivity contribution in [3.63, 3.8) is 0 Å². The van der Waals surface area contributed by atoms with Crippen molar-refractivity contribution in [1.29, 1.82) is 0 Å². The van der Waals surface area contributed by atoms with E-state index in [9.17, 15) is 18.6 Å². The van der Waals surface area contributed by atoms with Gasteiger partial charge in [0.15, 0.2) is 11.2 Å². The first-order valence-corrected chi connectivity index (χ1v) is 8.50. The topological polar surface area (TPSA) is 161 Å². The van der Waals surface area contributed by atoms with E-state index in [0.29, 0.717) is 6.42 Å². The average molecular weight is 365 g/mol. The van der Waals surface area contributed by atoms with E-state index >= 15 is 0 Å². The second kappa shape index (κ2) is 17.2. The summed E-state index contributed by atoms with van der Waals surface area (Å²) in [6.07, 6.45) is 0.920. The molecule has 0 fully saturated rings. The van der Waals surface area contributed by atoms with Gasteiger partial charge in [-0.1, -0.05) is 20.8 Å². The quantitative estimate of drug-likeness (QED) is 0.471. The van der Waals surface area contributed by atoms with Crippen molar-refractivity contribution in [1.82, 2.24) is 9.44 Å². The Morgan fingerprint density at radius 3 is 1.29 bits per heavy atom. The minimum atomic E-state index is -1.78. The molecule has 0 unspecified atom stereocenters. The number of hydrogen-bond acceptors (Lipinski definition) is 5. The highest BCUT2D eigenvalue weighted by Gasteiger charge is 2.05.